The van der Waals surface area contributed by atoms with Crippen LogP contribution in [0, 0.1) is 0 Å². The summed E-state index contributed by atoms with van der Waals surface area (Å²) in [6.07, 6.45) is 4.50. The third-order valence-corrected chi connectivity index (χ3v) is 2.45. The number of phenolic OH excluding ortho intramolecular Hbond substituents is 1. The summed E-state index contributed by atoms with van der Waals surface area (Å²) >= 11 is 0. The molecule has 2 aromatic carbocycles. The van der Waals surface area contributed by atoms with Gasteiger partial charge in [-0.1, -0.05) is 42.5 Å². The monoisotopic (exact) mass is 224 g/mol. The molecule has 2 aromatic rings. The lowest BCUT2D eigenvalue weighted by Gasteiger charge is -2.00. The van der Waals surface area contributed by atoms with E-state index in [0.717, 1.165) is 11.8 Å². The molecule has 0 aliphatic rings. The summed E-state index contributed by atoms with van der Waals surface area (Å²) in [6.45, 7) is 0. The molecule has 0 aromatic heterocycles. The first-order valence-electron chi connectivity index (χ1n) is 5.31. The summed E-state index contributed by atoms with van der Waals surface area (Å²) in [5, 5.41) is 9.38. The van der Waals surface area contributed by atoms with Gasteiger partial charge in [0.25, 0.3) is 0 Å². The summed E-state index contributed by atoms with van der Waals surface area (Å²) in [4.78, 5) is 10.8. The average Bonchev–Trinajstić information content (AvgIpc) is 2.38. The number of phenols is 1. The van der Waals surface area contributed by atoms with Crippen molar-refractivity contribution in [2.45, 2.75) is 0 Å². The highest BCUT2D eigenvalue weighted by molar-refractivity contribution is 5.85. The molecule has 0 amide bonds. The second kappa shape index (κ2) is 5.12. The van der Waals surface area contributed by atoms with Crippen molar-refractivity contribution < 1.29 is 9.90 Å². The van der Waals surface area contributed by atoms with E-state index < -0.39 is 0 Å². The topological polar surface area (TPSA) is 37.3 Å². The normalized spacial score (nSPS) is 10.6. The van der Waals surface area contributed by atoms with Gasteiger partial charge in [-0.15, -0.1) is 0 Å². The first-order valence-corrected chi connectivity index (χ1v) is 5.31. The quantitative estimate of drug-likeness (QED) is 0.641. The molecule has 0 aliphatic heterocycles. The van der Waals surface area contributed by atoms with Crippen LogP contribution < -0.4 is 0 Å². The van der Waals surface area contributed by atoms with Gasteiger partial charge in [-0.25, -0.2) is 0 Å². The van der Waals surface area contributed by atoms with Gasteiger partial charge in [-0.2, -0.15) is 0 Å². The Hall–Kier alpha value is -2.35. The van der Waals surface area contributed by atoms with E-state index in [0.29, 0.717) is 11.1 Å². The van der Waals surface area contributed by atoms with E-state index in [-0.39, 0.29) is 5.75 Å². The molecule has 0 saturated heterocycles. The summed E-state index contributed by atoms with van der Waals surface area (Å²) in [6, 6.07) is 14.5. The van der Waals surface area contributed by atoms with Gasteiger partial charge in [0.05, 0.1) is 0 Å². The number of benzene rings is 2. The van der Waals surface area contributed by atoms with Gasteiger partial charge in [-0.05, 0) is 29.3 Å². The lowest BCUT2D eigenvalue weighted by atomic mass is 10.1. The first-order chi connectivity index (χ1) is 8.29. The van der Waals surface area contributed by atoms with Crippen molar-refractivity contribution in [2.75, 3.05) is 0 Å². The number of hydrogen-bond acceptors (Lipinski definition) is 2. The maximum Gasteiger partial charge on any atom is 0.150 e. The van der Waals surface area contributed by atoms with Gasteiger partial charge >= 0.3 is 0 Å². The fourth-order valence-electron chi connectivity index (χ4n) is 1.56. The van der Waals surface area contributed by atoms with Gasteiger partial charge in [-0.3, -0.25) is 4.79 Å². The number of aromatic hydroxyl groups is 1. The predicted molar refractivity (Wildman–Crippen MR) is 68.9 cm³/mol. The van der Waals surface area contributed by atoms with Gasteiger partial charge in [0.2, 0.25) is 0 Å². The molecule has 0 unspecified atom stereocenters. The van der Waals surface area contributed by atoms with Crippen molar-refractivity contribution in [2.24, 2.45) is 0 Å². The number of hydrogen-bond donors (Lipinski definition) is 1. The predicted octanol–water partition coefficient (Wildman–Crippen LogP) is 3.38. The Balaban J connectivity index is 2.32. The van der Waals surface area contributed by atoms with E-state index in [1.807, 2.05) is 42.5 Å². The molecule has 1 N–H and O–H groups in total. The molecule has 17 heavy (non-hydrogen) atoms. The fraction of sp³-hybridized carbons (Fsp3) is 0. The lowest BCUT2D eigenvalue weighted by molar-refractivity contribution is 0.112. The molecule has 84 valence electrons. The minimum atomic E-state index is 0.156. The van der Waals surface area contributed by atoms with E-state index in [1.54, 1.807) is 12.1 Å². The highest BCUT2D eigenvalue weighted by Crippen LogP contribution is 2.18. The van der Waals surface area contributed by atoms with Crippen LogP contribution in [0.1, 0.15) is 21.5 Å². The van der Waals surface area contributed by atoms with E-state index in [4.69, 9.17) is 0 Å². The van der Waals surface area contributed by atoms with Gasteiger partial charge in [0.15, 0.2) is 6.29 Å². The molecule has 0 atom stereocenters. The largest absolute Gasteiger partial charge is 0.508 e. The third kappa shape index (κ3) is 2.82. The van der Waals surface area contributed by atoms with Gasteiger partial charge in [0.1, 0.15) is 5.75 Å². The van der Waals surface area contributed by atoms with Crippen LogP contribution in [0.4, 0.5) is 0 Å². The minimum Gasteiger partial charge on any atom is -0.508 e. The van der Waals surface area contributed by atoms with Crippen LogP contribution in [0.3, 0.4) is 0 Å². The van der Waals surface area contributed by atoms with Crippen LogP contribution in [0.5, 0.6) is 5.75 Å². The molecule has 0 heterocycles. The summed E-state index contributed by atoms with van der Waals surface area (Å²) in [5.74, 6) is 0.156. The summed E-state index contributed by atoms with van der Waals surface area (Å²) in [7, 11) is 0. The van der Waals surface area contributed by atoms with Gasteiger partial charge in [0, 0.05) is 5.56 Å². The summed E-state index contributed by atoms with van der Waals surface area (Å²) in [5.41, 5.74) is 2.33. The van der Waals surface area contributed by atoms with E-state index >= 15 is 0 Å². The standard InChI is InChI=1S/C15H12O2/c16-11-14-8-9-15(17)10-13(14)7-6-12-4-2-1-3-5-12/h1-11,17H/b7-6+. The molecular formula is C15H12O2. The molecule has 0 radical (unpaired) electrons. The minimum absolute atomic E-state index is 0.156. The van der Waals surface area contributed by atoms with Crippen LogP contribution in [-0.4, -0.2) is 11.4 Å². The zero-order valence-corrected chi connectivity index (χ0v) is 9.21. The Bertz CT molecular complexity index is 542. The fourth-order valence-corrected chi connectivity index (χ4v) is 1.56. The highest BCUT2D eigenvalue weighted by atomic mass is 16.3. The second-order valence-corrected chi connectivity index (χ2v) is 3.68. The number of carbonyl (C=O) groups excluding carboxylic acids is 1. The van der Waals surface area contributed by atoms with Gasteiger partial charge < -0.3 is 5.11 Å². The molecular weight excluding hydrogens is 212 g/mol. The van der Waals surface area contributed by atoms with E-state index in [1.165, 1.54) is 6.07 Å². The molecule has 0 saturated carbocycles. The Kier molecular flexibility index (Phi) is 3.36. The first kappa shape index (κ1) is 11.1. The smallest absolute Gasteiger partial charge is 0.150 e. The second-order valence-electron chi connectivity index (χ2n) is 3.68. The zero-order chi connectivity index (χ0) is 12.1. The molecule has 0 fully saturated rings. The molecule has 2 rings (SSSR count). The van der Waals surface area contributed by atoms with Crippen molar-refractivity contribution >= 4 is 18.4 Å². The van der Waals surface area contributed by atoms with Crippen LogP contribution in [0.25, 0.3) is 12.2 Å². The third-order valence-electron chi connectivity index (χ3n) is 2.45. The van der Waals surface area contributed by atoms with Crippen LogP contribution in [0.2, 0.25) is 0 Å². The SMILES string of the molecule is O=Cc1ccc(O)cc1/C=C/c1ccccc1. The molecule has 0 bridgehead atoms. The molecule has 0 aliphatic carbocycles. The van der Waals surface area contributed by atoms with Crippen LogP contribution in [-0.2, 0) is 0 Å². The van der Waals surface area contributed by atoms with E-state index in [2.05, 4.69) is 0 Å². The van der Waals surface area contributed by atoms with Crippen molar-refractivity contribution in [1.29, 1.82) is 0 Å². The Morgan fingerprint density at radius 3 is 2.35 bits per heavy atom. The van der Waals surface area contributed by atoms with Crippen molar-refractivity contribution in [3.63, 3.8) is 0 Å². The summed E-state index contributed by atoms with van der Waals surface area (Å²) < 4.78 is 0. The number of aldehydes is 1. The zero-order valence-electron chi connectivity index (χ0n) is 9.21. The Labute approximate surface area is 99.8 Å². The maximum atomic E-state index is 10.8. The van der Waals surface area contributed by atoms with Crippen molar-refractivity contribution in [3.05, 3.63) is 65.2 Å². The number of carbonyl (C=O) groups is 1. The van der Waals surface area contributed by atoms with Crippen molar-refractivity contribution in [3.8, 4) is 5.75 Å². The van der Waals surface area contributed by atoms with Crippen LogP contribution in [0.15, 0.2) is 48.5 Å². The molecule has 0 spiro atoms. The highest BCUT2D eigenvalue weighted by Gasteiger charge is 1.99. The maximum absolute atomic E-state index is 10.8. The average molecular weight is 224 g/mol. The molecule has 2 nitrogen and oxygen atoms in total. The Morgan fingerprint density at radius 2 is 1.65 bits per heavy atom. The molecule has 2 heteroatoms. The number of rotatable bonds is 3. The van der Waals surface area contributed by atoms with Crippen LogP contribution >= 0.6 is 0 Å². The van der Waals surface area contributed by atoms with E-state index in [9.17, 15) is 9.90 Å². The Morgan fingerprint density at radius 1 is 0.882 bits per heavy atom. The van der Waals surface area contributed by atoms with Crippen molar-refractivity contribution in [1.82, 2.24) is 0 Å². The lowest BCUT2D eigenvalue weighted by Crippen LogP contribution is -1.85.